The van der Waals surface area contributed by atoms with Gasteiger partial charge in [0.2, 0.25) is 5.91 Å². The molecule has 0 radical (unpaired) electrons. The maximum atomic E-state index is 12.1. The van der Waals surface area contributed by atoms with Gasteiger partial charge in [-0.15, -0.1) is 0 Å². The van der Waals surface area contributed by atoms with Crippen LogP contribution in [0.15, 0.2) is 24.3 Å². The van der Waals surface area contributed by atoms with Crippen molar-refractivity contribution in [2.45, 2.75) is 38.6 Å². The van der Waals surface area contributed by atoms with Crippen LogP contribution in [0.25, 0.3) is 0 Å². The Kier molecular flexibility index (Phi) is 13.7. The Morgan fingerprint density at radius 1 is 0.854 bits per heavy atom. The fourth-order valence-corrected chi connectivity index (χ4v) is 3.95. The van der Waals surface area contributed by atoms with Gasteiger partial charge >= 0.3 is 29.8 Å². The fraction of sp³-hybridized carbons (Fsp3) is 0.538. The molecule has 6 N–H and O–H groups in total. The maximum Gasteiger partial charge on any atom is 0.323 e. The number of esters is 1. The van der Waals surface area contributed by atoms with Gasteiger partial charge in [0.25, 0.3) is 0 Å². The SMILES string of the molecule is CCOC(=O)CN(CCN(CCN(CC(=O)O)c1ccc(C(C)(C)C(=O)O)cc1)CC(=O)O)C(CC(N)=O)C(=O)O. The number of benzene rings is 1. The van der Waals surface area contributed by atoms with E-state index < -0.39 is 73.3 Å². The van der Waals surface area contributed by atoms with Crippen LogP contribution in [0.5, 0.6) is 0 Å². The summed E-state index contributed by atoms with van der Waals surface area (Å²) in [4.78, 5) is 74.1. The monoisotopic (exact) mass is 582 g/mol. The van der Waals surface area contributed by atoms with Gasteiger partial charge in [0, 0.05) is 31.9 Å². The Balaban J connectivity index is 3.14. The third-order valence-corrected chi connectivity index (χ3v) is 6.32. The second-order valence-corrected chi connectivity index (χ2v) is 9.76. The molecule has 0 spiro atoms. The number of primary amides is 1. The molecule has 0 heterocycles. The molecule has 15 heteroatoms. The third kappa shape index (κ3) is 11.8. The molecular formula is C26H38N4O11. The molecule has 1 aromatic carbocycles. The van der Waals surface area contributed by atoms with Crippen molar-refractivity contribution in [3.8, 4) is 0 Å². The number of carbonyl (C=O) groups excluding carboxylic acids is 2. The predicted octanol–water partition coefficient (Wildman–Crippen LogP) is -0.480. The first kappa shape index (κ1) is 34.8. The van der Waals surface area contributed by atoms with Gasteiger partial charge in [-0.3, -0.25) is 38.6 Å². The lowest BCUT2D eigenvalue weighted by Gasteiger charge is -2.31. The van der Waals surface area contributed by atoms with Crippen LogP contribution in [0.3, 0.4) is 0 Å². The highest BCUT2D eigenvalue weighted by molar-refractivity contribution is 5.84. The Hall–Kier alpha value is -4.24. The number of amides is 1. The fourth-order valence-electron chi connectivity index (χ4n) is 3.95. The number of carboxylic acid groups (broad SMARTS) is 4. The van der Waals surface area contributed by atoms with Crippen LogP contribution in [0, 0.1) is 0 Å². The molecule has 1 atom stereocenters. The quantitative estimate of drug-likeness (QED) is 0.122. The van der Waals surface area contributed by atoms with E-state index >= 15 is 0 Å². The van der Waals surface area contributed by atoms with Crippen molar-refractivity contribution < 1.29 is 53.9 Å². The number of hydrogen-bond acceptors (Lipinski definition) is 10. The van der Waals surface area contributed by atoms with Crippen molar-refractivity contribution in [2.75, 3.05) is 57.3 Å². The van der Waals surface area contributed by atoms with Gasteiger partial charge in [-0.2, -0.15) is 0 Å². The highest BCUT2D eigenvalue weighted by Crippen LogP contribution is 2.26. The summed E-state index contributed by atoms with van der Waals surface area (Å²) < 4.78 is 4.89. The number of anilines is 1. The molecular weight excluding hydrogens is 544 g/mol. The van der Waals surface area contributed by atoms with Crippen molar-refractivity contribution >= 4 is 41.4 Å². The second kappa shape index (κ2) is 16.1. The molecule has 1 aromatic rings. The van der Waals surface area contributed by atoms with Crippen LogP contribution in [0.4, 0.5) is 5.69 Å². The summed E-state index contributed by atoms with van der Waals surface area (Å²) in [5.41, 5.74) is 4.98. The summed E-state index contributed by atoms with van der Waals surface area (Å²) in [5.74, 6) is -6.43. The van der Waals surface area contributed by atoms with E-state index in [9.17, 15) is 49.2 Å². The third-order valence-electron chi connectivity index (χ3n) is 6.32. The summed E-state index contributed by atoms with van der Waals surface area (Å²) in [7, 11) is 0. The minimum Gasteiger partial charge on any atom is -0.481 e. The average Bonchev–Trinajstić information content (AvgIpc) is 2.86. The standard InChI is InChI=1S/C26H38N4O11/c1-4-41-23(36)16-30(19(24(37)38)13-20(27)31)12-10-28(14-21(32)33)9-11-29(15-22(34)35)18-7-5-17(6-8-18)26(2,3)25(39)40/h5-8,19H,4,9-16H2,1-3H3,(H2,27,31)(H,32,33)(H,34,35)(H,37,38)(H,39,40). The number of rotatable bonds is 20. The van der Waals surface area contributed by atoms with Crippen LogP contribution in [-0.2, 0) is 38.9 Å². The lowest BCUT2D eigenvalue weighted by molar-refractivity contribution is -0.151. The molecule has 0 bridgehead atoms. The number of ether oxygens (including phenoxy) is 1. The number of aliphatic carboxylic acids is 4. The molecule has 0 aliphatic rings. The first-order chi connectivity index (χ1) is 19.1. The highest BCUT2D eigenvalue weighted by atomic mass is 16.5. The van der Waals surface area contributed by atoms with Gasteiger partial charge in [-0.05, 0) is 38.5 Å². The molecule has 0 fully saturated rings. The Labute approximate surface area is 237 Å². The van der Waals surface area contributed by atoms with E-state index in [-0.39, 0.29) is 32.8 Å². The summed E-state index contributed by atoms with van der Waals surface area (Å²) in [6, 6.07) is 4.84. The van der Waals surface area contributed by atoms with Crippen molar-refractivity contribution in [2.24, 2.45) is 5.73 Å². The lowest BCUT2D eigenvalue weighted by atomic mass is 9.85. The van der Waals surface area contributed by atoms with E-state index in [2.05, 4.69) is 0 Å². The number of carboxylic acids is 4. The maximum absolute atomic E-state index is 12.1. The molecule has 41 heavy (non-hydrogen) atoms. The minimum atomic E-state index is -1.46. The predicted molar refractivity (Wildman–Crippen MR) is 144 cm³/mol. The molecule has 0 aliphatic heterocycles. The molecule has 228 valence electrons. The Bertz CT molecular complexity index is 1090. The summed E-state index contributed by atoms with van der Waals surface area (Å²) >= 11 is 0. The minimum absolute atomic E-state index is 0.0305. The van der Waals surface area contributed by atoms with E-state index in [1.165, 1.54) is 23.6 Å². The van der Waals surface area contributed by atoms with Crippen LogP contribution in [-0.4, -0.2) is 124 Å². The number of nitrogens with two attached hydrogens (primary N) is 1. The van der Waals surface area contributed by atoms with Crippen LogP contribution < -0.4 is 10.6 Å². The van der Waals surface area contributed by atoms with Crippen LogP contribution in [0.2, 0.25) is 0 Å². The summed E-state index contributed by atoms with van der Waals surface area (Å²) in [6.07, 6.45) is -0.589. The lowest BCUT2D eigenvalue weighted by Crippen LogP contribution is -2.50. The molecule has 15 nitrogen and oxygen atoms in total. The highest BCUT2D eigenvalue weighted by Gasteiger charge is 2.31. The molecule has 0 aliphatic carbocycles. The molecule has 0 saturated heterocycles. The van der Waals surface area contributed by atoms with Crippen LogP contribution >= 0.6 is 0 Å². The van der Waals surface area contributed by atoms with Gasteiger partial charge in [0.15, 0.2) is 0 Å². The zero-order valence-corrected chi connectivity index (χ0v) is 23.3. The normalized spacial score (nSPS) is 12.1. The van der Waals surface area contributed by atoms with Gasteiger partial charge < -0.3 is 35.8 Å². The molecule has 1 unspecified atom stereocenters. The summed E-state index contributed by atoms with van der Waals surface area (Å²) in [5, 5.41) is 37.9. The van der Waals surface area contributed by atoms with Crippen molar-refractivity contribution in [1.82, 2.24) is 9.80 Å². The first-order valence-corrected chi connectivity index (χ1v) is 12.7. The van der Waals surface area contributed by atoms with Gasteiger partial charge in [-0.1, -0.05) is 12.1 Å². The molecule has 0 aromatic heterocycles. The van der Waals surface area contributed by atoms with E-state index in [1.807, 2.05) is 0 Å². The van der Waals surface area contributed by atoms with Gasteiger partial charge in [0.1, 0.15) is 12.6 Å². The molecule has 0 saturated carbocycles. The van der Waals surface area contributed by atoms with Gasteiger partial charge in [-0.25, -0.2) is 0 Å². The van der Waals surface area contributed by atoms with E-state index in [0.717, 1.165) is 4.90 Å². The van der Waals surface area contributed by atoms with Crippen LogP contribution in [0.1, 0.15) is 32.8 Å². The smallest absolute Gasteiger partial charge is 0.323 e. The first-order valence-electron chi connectivity index (χ1n) is 12.7. The largest absolute Gasteiger partial charge is 0.481 e. The van der Waals surface area contributed by atoms with Crippen molar-refractivity contribution in [3.63, 3.8) is 0 Å². The zero-order chi connectivity index (χ0) is 31.3. The molecule has 1 amide bonds. The van der Waals surface area contributed by atoms with E-state index in [0.29, 0.717) is 11.3 Å². The van der Waals surface area contributed by atoms with Gasteiger partial charge in [0.05, 0.1) is 31.5 Å². The van der Waals surface area contributed by atoms with Crippen molar-refractivity contribution in [1.29, 1.82) is 0 Å². The van der Waals surface area contributed by atoms with Crippen molar-refractivity contribution in [3.05, 3.63) is 29.8 Å². The summed E-state index contributed by atoms with van der Waals surface area (Å²) in [6.45, 7) is 3.16. The Morgan fingerprint density at radius 2 is 1.41 bits per heavy atom. The topological polar surface area (TPSA) is 228 Å². The zero-order valence-electron chi connectivity index (χ0n) is 23.3. The second-order valence-electron chi connectivity index (χ2n) is 9.76. The number of carbonyl (C=O) groups is 6. The number of hydrogen-bond donors (Lipinski definition) is 5. The number of nitrogens with zero attached hydrogens (tertiary/aromatic N) is 3. The average molecular weight is 583 g/mol. The van der Waals surface area contributed by atoms with E-state index in [1.54, 1.807) is 31.2 Å². The van der Waals surface area contributed by atoms with E-state index in [4.69, 9.17) is 10.5 Å². The Morgan fingerprint density at radius 3 is 1.88 bits per heavy atom. The molecule has 1 rings (SSSR count).